The van der Waals surface area contributed by atoms with E-state index in [-0.39, 0.29) is 29.6 Å². The van der Waals surface area contributed by atoms with Gasteiger partial charge in [-0.3, -0.25) is 4.79 Å². The Kier molecular flexibility index (Phi) is 4.89. The zero-order valence-electron chi connectivity index (χ0n) is 13.3. The van der Waals surface area contributed by atoms with Gasteiger partial charge in [-0.25, -0.2) is 9.18 Å². The molecule has 1 aromatic heterocycles. The number of ether oxygens (including phenoxy) is 1. The maximum Gasteiger partial charge on any atom is 0.342 e. The third-order valence-corrected chi connectivity index (χ3v) is 4.27. The van der Waals surface area contributed by atoms with E-state index in [0.29, 0.717) is 4.47 Å². The predicted molar refractivity (Wildman–Crippen MR) is 92.2 cm³/mol. The van der Waals surface area contributed by atoms with Crippen LogP contribution in [0.1, 0.15) is 30.1 Å². The van der Waals surface area contributed by atoms with Crippen molar-refractivity contribution in [3.63, 3.8) is 0 Å². The average molecular weight is 413 g/mol. The fraction of sp³-hybridized carbons (Fsp3) is 0.294. The zero-order valence-corrected chi connectivity index (χ0v) is 14.9. The molecule has 0 unspecified atom stereocenters. The first-order valence-corrected chi connectivity index (χ1v) is 8.56. The summed E-state index contributed by atoms with van der Waals surface area (Å²) in [5.41, 5.74) is -1.49. The van der Waals surface area contributed by atoms with Crippen LogP contribution in [0.25, 0.3) is 0 Å². The molecule has 0 saturated heterocycles. The van der Waals surface area contributed by atoms with E-state index in [4.69, 9.17) is 4.74 Å². The van der Waals surface area contributed by atoms with Gasteiger partial charge in [0.15, 0.2) is 0 Å². The van der Waals surface area contributed by atoms with Gasteiger partial charge >= 0.3 is 5.97 Å². The number of pyridine rings is 1. The van der Waals surface area contributed by atoms with Crippen molar-refractivity contribution in [3.05, 3.63) is 56.4 Å². The number of nitrogens with one attached hydrogen (secondary N) is 1. The van der Waals surface area contributed by atoms with Gasteiger partial charge < -0.3 is 14.6 Å². The van der Waals surface area contributed by atoms with Crippen LogP contribution in [-0.4, -0.2) is 16.6 Å². The molecule has 3 rings (SSSR count). The second-order valence-electron chi connectivity index (χ2n) is 5.68. The number of aryl methyl sites for hydroxylation is 1. The molecule has 2 aromatic rings. The molecule has 0 spiro atoms. The molecular weight excluding hydrogens is 398 g/mol. The maximum absolute atomic E-state index is 14.6. The van der Waals surface area contributed by atoms with Crippen molar-refractivity contribution in [3.8, 4) is 0 Å². The van der Waals surface area contributed by atoms with Crippen LogP contribution in [0.15, 0.2) is 33.7 Å². The second kappa shape index (κ2) is 6.95. The molecule has 0 atom stereocenters. The number of esters is 1. The number of halogens is 3. The molecule has 132 valence electrons. The summed E-state index contributed by atoms with van der Waals surface area (Å²) in [5.74, 6) is -2.56. The van der Waals surface area contributed by atoms with Crippen LogP contribution in [-0.2, 0) is 11.3 Å². The summed E-state index contributed by atoms with van der Waals surface area (Å²) in [7, 11) is 0. The lowest BCUT2D eigenvalue weighted by Crippen LogP contribution is -2.26. The third kappa shape index (κ3) is 3.73. The van der Waals surface area contributed by atoms with Crippen molar-refractivity contribution in [1.82, 2.24) is 4.57 Å². The molecule has 25 heavy (non-hydrogen) atoms. The van der Waals surface area contributed by atoms with Crippen molar-refractivity contribution in [2.75, 3.05) is 5.32 Å². The quantitative estimate of drug-likeness (QED) is 0.754. The van der Waals surface area contributed by atoms with E-state index in [9.17, 15) is 18.4 Å². The topological polar surface area (TPSA) is 60.3 Å². The first-order valence-electron chi connectivity index (χ1n) is 7.76. The lowest BCUT2D eigenvalue weighted by Gasteiger charge is -2.15. The van der Waals surface area contributed by atoms with Gasteiger partial charge in [0.2, 0.25) is 5.82 Å². The standard InChI is InChI=1S/C17H15BrF2N2O3/c1-2-22-8-11(17(24)25-10-4-5-10)15(14(20)16(22)23)21-13-6-3-9(18)7-12(13)19/h3,6-8,10,21H,2,4-5H2,1H3. The summed E-state index contributed by atoms with van der Waals surface area (Å²) in [4.78, 5) is 24.4. The SMILES string of the molecule is CCn1cc(C(=O)OC2CC2)c(Nc2ccc(Br)cc2F)c(F)c1=O. The van der Waals surface area contributed by atoms with Gasteiger partial charge in [0.05, 0.1) is 11.4 Å². The van der Waals surface area contributed by atoms with Crippen molar-refractivity contribution in [1.29, 1.82) is 0 Å². The minimum Gasteiger partial charge on any atom is -0.459 e. The molecule has 1 heterocycles. The molecular formula is C17H15BrF2N2O3. The first kappa shape index (κ1) is 17.6. The summed E-state index contributed by atoms with van der Waals surface area (Å²) in [6, 6.07) is 4.12. The van der Waals surface area contributed by atoms with Crippen molar-refractivity contribution in [2.24, 2.45) is 0 Å². The maximum atomic E-state index is 14.6. The Bertz CT molecular complexity index is 894. The number of carbonyl (C=O) groups excluding carboxylic acids is 1. The molecule has 0 bridgehead atoms. The molecule has 1 aliphatic rings. The number of hydrogen-bond acceptors (Lipinski definition) is 4. The number of anilines is 2. The van der Waals surface area contributed by atoms with E-state index in [0.717, 1.165) is 17.4 Å². The molecule has 0 radical (unpaired) electrons. The lowest BCUT2D eigenvalue weighted by atomic mass is 10.2. The highest BCUT2D eigenvalue weighted by Gasteiger charge is 2.29. The van der Waals surface area contributed by atoms with E-state index in [1.54, 1.807) is 13.0 Å². The monoisotopic (exact) mass is 412 g/mol. The molecule has 5 nitrogen and oxygen atoms in total. The van der Waals surface area contributed by atoms with Crippen molar-refractivity contribution in [2.45, 2.75) is 32.4 Å². The van der Waals surface area contributed by atoms with E-state index in [2.05, 4.69) is 21.2 Å². The molecule has 1 N–H and O–H groups in total. The van der Waals surface area contributed by atoms with E-state index in [1.807, 2.05) is 0 Å². The number of hydrogen-bond donors (Lipinski definition) is 1. The van der Waals surface area contributed by atoms with Crippen molar-refractivity contribution < 1.29 is 18.3 Å². The van der Waals surface area contributed by atoms with Gasteiger partial charge in [0.1, 0.15) is 17.5 Å². The smallest absolute Gasteiger partial charge is 0.342 e. The minimum absolute atomic E-state index is 0.0591. The third-order valence-electron chi connectivity index (χ3n) is 3.77. The lowest BCUT2D eigenvalue weighted by molar-refractivity contribution is 0.0472. The molecule has 1 aliphatic carbocycles. The van der Waals surface area contributed by atoms with Crippen LogP contribution in [0, 0.1) is 11.6 Å². The van der Waals surface area contributed by atoms with Gasteiger partial charge in [0.25, 0.3) is 5.56 Å². The fourth-order valence-electron chi connectivity index (χ4n) is 2.27. The van der Waals surface area contributed by atoms with Gasteiger partial charge in [-0.2, -0.15) is 4.39 Å². The number of carbonyl (C=O) groups is 1. The minimum atomic E-state index is -1.16. The summed E-state index contributed by atoms with van der Waals surface area (Å²) < 4.78 is 35.4. The highest BCUT2D eigenvalue weighted by Crippen LogP contribution is 2.29. The van der Waals surface area contributed by atoms with Gasteiger partial charge in [-0.1, -0.05) is 15.9 Å². The number of nitrogens with zero attached hydrogens (tertiary/aromatic N) is 1. The summed E-state index contributed by atoms with van der Waals surface area (Å²) in [6.07, 6.45) is 2.56. The average Bonchev–Trinajstić information content (AvgIpc) is 3.38. The molecule has 1 saturated carbocycles. The zero-order chi connectivity index (χ0) is 18.1. The Labute approximate surface area is 150 Å². The Morgan fingerprint density at radius 1 is 1.40 bits per heavy atom. The molecule has 0 aliphatic heterocycles. The highest BCUT2D eigenvalue weighted by atomic mass is 79.9. The predicted octanol–water partition coefficient (Wildman–Crippen LogP) is 3.97. The van der Waals surface area contributed by atoms with Crippen LogP contribution in [0.3, 0.4) is 0 Å². The molecule has 8 heteroatoms. The summed E-state index contributed by atoms with van der Waals surface area (Å²) >= 11 is 3.13. The van der Waals surface area contributed by atoms with E-state index >= 15 is 0 Å². The largest absolute Gasteiger partial charge is 0.459 e. The van der Waals surface area contributed by atoms with Crippen LogP contribution in [0.5, 0.6) is 0 Å². The fourth-order valence-corrected chi connectivity index (χ4v) is 2.60. The van der Waals surface area contributed by atoms with Crippen LogP contribution in [0.2, 0.25) is 0 Å². The highest BCUT2D eigenvalue weighted by molar-refractivity contribution is 9.10. The van der Waals surface area contributed by atoms with E-state index in [1.165, 1.54) is 18.3 Å². The van der Waals surface area contributed by atoms with Crippen LogP contribution in [0.4, 0.5) is 20.2 Å². The number of rotatable bonds is 5. The molecule has 1 fully saturated rings. The number of benzene rings is 1. The molecule has 1 aromatic carbocycles. The van der Waals surface area contributed by atoms with Crippen molar-refractivity contribution >= 4 is 33.3 Å². The van der Waals surface area contributed by atoms with E-state index < -0.39 is 23.2 Å². The van der Waals surface area contributed by atoms with Gasteiger partial charge in [-0.15, -0.1) is 0 Å². The van der Waals surface area contributed by atoms with Crippen LogP contribution >= 0.6 is 15.9 Å². The molecule has 0 amide bonds. The van der Waals surface area contributed by atoms with Gasteiger partial charge in [-0.05, 0) is 38.0 Å². The summed E-state index contributed by atoms with van der Waals surface area (Å²) in [6.45, 7) is 1.84. The Morgan fingerprint density at radius 2 is 2.12 bits per heavy atom. The van der Waals surface area contributed by atoms with Gasteiger partial charge in [0, 0.05) is 17.2 Å². The Morgan fingerprint density at radius 3 is 2.72 bits per heavy atom. The number of aromatic nitrogens is 1. The normalized spacial score (nSPS) is 13.6. The van der Waals surface area contributed by atoms with Crippen LogP contribution < -0.4 is 10.9 Å². The second-order valence-corrected chi connectivity index (χ2v) is 6.59. The summed E-state index contributed by atoms with van der Waals surface area (Å²) in [5, 5.41) is 2.52. The first-order chi connectivity index (χ1) is 11.9. The Balaban J connectivity index is 2.07. The Hall–Kier alpha value is -2.22.